The third kappa shape index (κ3) is 2.71. The largest absolute Gasteiger partial charge is 0.353 e. The summed E-state index contributed by atoms with van der Waals surface area (Å²) in [5.74, 6) is 2.51. The lowest BCUT2D eigenvalue weighted by atomic mass is 9.84. The first-order valence-corrected chi connectivity index (χ1v) is 7.75. The van der Waals surface area contributed by atoms with Crippen LogP contribution in [-0.4, -0.2) is 18.0 Å². The summed E-state index contributed by atoms with van der Waals surface area (Å²) in [5, 5.41) is 3.29. The third-order valence-electron chi connectivity index (χ3n) is 5.38. The SMILES string of the molecule is NC1CCCC(CC(=O)NC2CC3CCC2C3)C1. The number of amides is 1. The van der Waals surface area contributed by atoms with Gasteiger partial charge >= 0.3 is 0 Å². The highest BCUT2D eigenvalue weighted by molar-refractivity contribution is 5.76. The number of carbonyl (C=O) groups excluding carboxylic acids is 1. The Labute approximate surface area is 110 Å². The zero-order valence-corrected chi connectivity index (χ0v) is 11.2. The van der Waals surface area contributed by atoms with Crippen molar-refractivity contribution in [2.24, 2.45) is 23.5 Å². The van der Waals surface area contributed by atoms with Gasteiger partial charge in [0.25, 0.3) is 0 Å². The molecule has 3 aliphatic carbocycles. The molecule has 3 aliphatic rings. The highest BCUT2D eigenvalue weighted by Gasteiger charge is 2.40. The van der Waals surface area contributed by atoms with Crippen molar-refractivity contribution in [3.05, 3.63) is 0 Å². The van der Waals surface area contributed by atoms with Crippen LogP contribution in [0.15, 0.2) is 0 Å². The van der Waals surface area contributed by atoms with Crippen LogP contribution in [0, 0.1) is 17.8 Å². The van der Waals surface area contributed by atoms with Gasteiger partial charge in [-0.2, -0.15) is 0 Å². The van der Waals surface area contributed by atoms with Gasteiger partial charge in [-0.3, -0.25) is 4.79 Å². The Morgan fingerprint density at radius 3 is 2.67 bits per heavy atom. The van der Waals surface area contributed by atoms with E-state index in [1.165, 1.54) is 38.5 Å². The number of rotatable bonds is 3. The van der Waals surface area contributed by atoms with Crippen LogP contribution in [0.3, 0.4) is 0 Å². The molecule has 5 atom stereocenters. The minimum Gasteiger partial charge on any atom is -0.353 e. The summed E-state index contributed by atoms with van der Waals surface area (Å²) in [6.45, 7) is 0. The number of hydrogen-bond acceptors (Lipinski definition) is 2. The maximum atomic E-state index is 12.1. The van der Waals surface area contributed by atoms with Crippen LogP contribution in [0.5, 0.6) is 0 Å². The summed E-state index contributed by atoms with van der Waals surface area (Å²) in [7, 11) is 0. The third-order valence-corrected chi connectivity index (χ3v) is 5.38. The second-order valence-electron chi connectivity index (χ2n) is 6.85. The fourth-order valence-electron chi connectivity index (χ4n) is 4.47. The molecular weight excluding hydrogens is 224 g/mol. The van der Waals surface area contributed by atoms with E-state index in [9.17, 15) is 4.79 Å². The standard InChI is InChI=1S/C15H26N2O/c16-13-3-1-2-10(7-13)9-15(18)17-14-8-11-4-5-12(14)6-11/h10-14H,1-9,16H2,(H,17,18). The number of carbonyl (C=O) groups is 1. The summed E-state index contributed by atoms with van der Waals surface area (Å²) >= 11 is 0. The highest BCUT2D eigenvalue weighted by atomic mass is 16.1. The maximum absolute atomic E-state index is 12.1. The predicted molar refractivity (Wildman–Crippen MR) is 71.9 cm³/mol. The molecule has 3 rings (SSSR count). The molecule has 0 spiro atoms. The van der Waals surface area contributed by atoms with E-state index in [0.717, 1.165) is 24.7 Å². The molecule has 0 aromatic carbocycles. The zero-order valence-electron chi connectivity index (χ0n) is 11.2. The molecule has 3 saturated carbocycles. The van der Waals surface area contributed by atoms with Crippen LogP contribution >= 0.6 is 0 Å². The lowest BCUT2D eigenvalue weighted by Gasteiger charge is -2.28. The van der Waals surface area contributed by atoms with E-state index in [2.05, 4.69) is 5.32 Å². The van der Waals surface area contributed by atoms with E-state index in [1.54, 1.807) is 0 Å². The van der Waals surface area contributed by atoms with Gasteiger partial charge in [0.1, 0.15) is 0 Å². The topological polar surface area (TPSA) is 55.1 Å². The summed E-state index contributed by atoms with van der Waals surface area (Å²) < 4.78 is 0. The van der Waals surface area contributed by atoms with Gasteiger partial charge in [0, 0.05) is 18.5 Å². The van der Waals surface area contributed by atoms with Crippen LogP contribution in [0.25, 0.3) is 0 Å². The molecule has 5 unspecified atom stereocenters. The summed E-state index contributed by atoms with van der Waals surface area (Å²) in [5.41, 5.74) is 5.98. The van der Waals surface area contributed by atoms with Gasteiger partial charge in [-0.05, 0) is 56.3 Å². The molecule has 1 amide bonds. The van der Waals surface area contributed by atoms with Gasteiger partial charge in [-0.1, -0.05) is 12.8 Å². The van der Waals surface area contributed by atoms with Crippen molar-refractivity contribution in [1.82, 2.24) is 5.32 Å². The van der Waals surface area contributed by atoms with Crippen molar-refractivity contribution in [3.63, 3.8) is 0 Å². The Morgan fingerprint density at radius 2 is 2.00 bits per heavy atom. The van der Waals surface area contributed by atoms with Gasteiger partial charge < -0.3 is 11.1 Å². The van der Waals surface area contributed by atoms with Crippen LogP contribution in [0.1, 0.15) is 57.8 Å². The van der Waals surface area contributed by atoms with Crippen molar-refractivity contribution in [1.29, 1.82) is 0 Å². The minimum absolute atomic E-state index is 0.284. The van der Waals surface area contributed by atoms with E-state index in [1.807, 2.05) is 0 Å². The summed E-state index contributed by atoms with van der Waals surface area (Å²) in [4.78, 5) is 12.1. The highest BCUT2D eigenvalue weighted by Crippen LogP contribution is 2.44. The fourth-order valence-corrected chi connectivity index (χ4v) is 4.47. The molecule has 0 aromatic heterocycles. The second-order valence-corrected chi connectivity index (χ2v) is 6.85. The van der Waals surface area contributed by atoms with E-state index in [0.29, 0.717) is 24.4 Å². The molecule has 0 saturated heterocycles. The summed E-state index contributed by atoms with van der Waals surface area (Å²) in [6, 6.07) is 0.826. The second kappa shape index (κ2) is 5.20. The van der Waals surface area contributed by atoms with E-state index >= 15 is 0 Å². The predicted octanol–water partition coefficient (Wildman–Crippen LogP) is 2.20. The van der Waals surface area contributed by atoms with Crippen molar-refractivity contribution in [2.75, 3.05) is 0 Å². The van der Waals surface area contributed by atoms with Crippen molar-refractivity contribution in [2.45, 2.75) is 69.9 Å². The van der Waals surface area contributed by atoms with Gasteiger partial charge in [0.05, 0.1) is 0 Å². The molecule has 0 heterocycles. The lowest BCUT2D eigenvalue weighted by Crippen LogP contribution is -2.40. The molecule has 3 N–H and O–H groups in total. The number of nitrogens with two attached hydrogens (primary N) is 1. The number of hydrogen-bond donors (Lipinski definition) is 2. The van der Waals surface area contributed by atoms with E-state index in [-0.39, 0.29) is 5.91 Å². The number of fused-ring (bicyclic) bond motifs is 2. The average molecular weight is 250 g/mol. The molecule has 0 radical (unpaired) electrons. The summed E-state index contributed by atoms with van der Waals surface area (Å²) in [6.07, 6.45) is 10.6. The fraction of sp³-hybridized carbons (Fsp3) is 0.933. The van der Waals surface area contributed by atoms with Crippen LogP contribution < -0.4 is 11.1 Å². The van der Waals surface area contributed by atoms with E-state index < -0.39 is 0 Å². The Bertz CT molecular complexity index is 318. The van der Waals surface area contributed by atoms with Crippen LogP contribution in [0.2, 0.25) is 0 Å². The monoisotopic (exact) mass is 250 g/mol. The maximum Gasteiger partial charge on any atom is 0.220 e. The first-order valence-electron chi connectivity index (χ1n) is 7.75. The molecule has 2 bridgehead atoms. The van der Waals surface area contributed by atoms with Gasteiger partial charge in [0.15, 0.2) is 0 Å². The zero-order chi connectivity index (χ0) is 12.5. The molecule has 0 aromatic rings. The molecule has 3 nitrogen and oxygen atoms in total. The first kappa shape index (κ1) is 12.5. The molecule has 3 fully saturated rings. The Kier molecular flexibility index (Phi) is 3.60. The number of nitrogens with one attached hydrogen (secondary N) is 1. The van der Waals surface area contributed by atoms with Crippen LogP contribution in [-0.2, 0) is 4.79 Å². The van der Waals surface area contributed by atoms with E-state index in [4.69, 9.17) is 5.73 Å². The Balaban J connectivity index is 1.44. The average Bonchev–Trinajstić information content (AvgIpc) is 2.90. The first-order chi connectivity index (χ1) is 8.70. The van der Waals surface area contributed by atoms with Crippen molar-refractivity contribution < 1.29 is 4.79 Å². The quantitative estimate of drug-likeness (QED) is 0.807. The van der Waals surface area contributed by atoms with Crippen molar-refractivity contribution in [3.8, 4) is 0 Å². The Hall–Kier alpha value is -0.570. The normalized spacial score (nSPS) is 43.1. The van der Waals surface area contributed by atoms with Gasteiger partial charge in [-0.15, -0.1) is 0 Å². The van der Waals surface area contributed by atoms with Gasteiger partial charge in [-0.25, -0.2) is 0 Å². The molecule has 0 aliphatic heterocycles. The minimum atomic E-state index is 0.284. The molecule has 3 heteroatoms. The van der Waals surface area contributed by atoms with Gasteiger partial charge in [0.2, 0.25) is 5.91 Å². The molecular formula is C15H26N2O. The van der Waals surface area contributed by atoms with Crippen LogP contribution in [0.4, 0.5) is 0 Å². The smallest absolute Gasteiger partial charge is 0.220 e. The molecule has 102 valence electrons. The Morgan fingerprint density at radius 1 is 1.11 bits per heavy atom. The lowest BCUT2D eigenvalue weighted by molar-refractivity contribution is -0.123. The molecule has 18 heavy (non-hydrogen) atoms. The van der Waals surface area contributed by atoms with Crippen molar-refractivity contribution >= 4 is 5.91 Å².